The standard InChI is InChI=1S/C9H6Br2O2/c1-5(13)7-3-2-6(4-12)8(10)9(7)11/h2-4H,1H3. The Balaban J connectivity index is 3.39. The topological polar surface area (TPSA) is 34.1 Å². The van der Waals surface area contributed by atoms with Crippen LogP contribution in [0.3, 0.4) is 0 Å². The minimum atomic E-state index is -0.0370. The molecule has 0 amide bonds. The Hall–Kier alpha value is -0.480. The van der Waals surface area contributed by atoms with Gasteiger partial charge in [-0.25, -0.2) is 0 Å². The van der Waals surface area contributed by atoms with Crippen molar-refractivity contribution in [2.45, 2.75) is 6.92 Å². The average Bonchev–Trinajstić information content (AvgIpc) is 2.09. The predicted molar refractivity (Wildman–Crippen MR) is 57.2 cm³/mol. The maximum Gasteiger partial charge on any atom is 0.160 e. The molecule has 0 saturated heterocycles. The Morgan fingerprint density at radius 2 is 1.92 bits per heavy atom. The molecule has 0 bridgehead atoms. The zero-order valence-corrected chi connectivity index (χ0v) is 9.98. The molecule has 0 saturated carbocycles. The average molecular weight is 306 g/mol. The SMILES string of the molecule is CC(=O)c1ccc(C=O)c(Br)c1Br. The first-order valence-electron chi connectivity index (χ1n) is 3.52. The zero-order valence-electron chi connectivity index (χ0n) is 6.80. The van der Waals surface area contributed by atoms with Gasteiger partial charge in [0.15, 0.2) is 12.1 Å². The first kappa shape index (κ1) is 10.6. The summed E-state index contributed by atoms with van der Waals surface area (Å²) in [5.41, 5.74) is 1.09. The third-order valence-corrected chi connectivity index (χ3v) is 3.83. The van der Waals surface area contributed by atoms with Gasteiger partial charge in [0.1, 0.15) is 0 Å². The van der Waals surface area contributed by atoms with Crippen molar-refractivity contribution in [2.24, 2.45) is 0 Å². The summed E-state index contributed by atoms with van der Waals surface area (Å²) in [5.74, 6) is -0.0370. The lowest BCUT2D eigenvalue weighted by Crippen LogP contribution is -1.96. The van der Waals surface area contributed by atoms with Crippen LogP contribution >= 0.6 is 31.9 Å². The van der Waals surface area contributed by atoms with Crippen LogP contribution in [0.25, 0.3) is 0 Å². The van der Waals surface area contributed by atoms with E-state index in [9.17, 15) is 9.59 Å². The molecule has 0 aliphatic heterocycles. The molecule has 2 nitrogen and oxygen atoms in total. The van der Waals surface area contributed by atoms with Gasteiger partial charge < -0.3 is 0 Å². The maximum absolute atomic E-state index is 11.1. The third-order valence-electron chi connectivity index (χ3n) is 1.62. The monoisotopic (exact) mass is 304 g/mol. The summed E-state index contributed by atoms with van der Waals surface area (Å²) < 4.78 is 1.25. The van der Waals surface area contributed by atoms with E-state index >= 15 is 0 Å². The fraction of sp³-hybridized carbons (Fsp3) is 0.111. The van der Waals surface area contributed by atoms with Crippen molar-refractivity contribution in [1.82, 2.24) is 0 Å². The van der Waals surface area contributed by atoms with Crippen LogP contribution in [0.1, 0.15) is 27.6 Å². The molecule has 13 heavy (non-hydrogen) atoms. The second kappa shape index (κ2) is 4.15. The number of halogens is 2. The lowest BCUT2D eigenvalue weighted by molar-refractivity contribution is 0.101. The number of aldehydes is 1. The summed E-state index contributed by atoms with van der Waals surface area (Å²) in [6, 6.07) is 3.24. The number of benzene rings is 1. The largest absolute Gasteiger partial charge is 0.298 e. The van der Waals surface area contributed by atoms with E-state index in [0.29, 0.717) is 20.1 Å². The van der Waals surface area contributed by atoms with Gasteiger partial charge in [0.25, 0.3) is 0 Å². The number of rotatable bonds is 2. The number of hydrogen-bond acceptors (Lipinski definition) is 2. The molecule has 0 N–H and O–H groups in total. The summed E-state index contributed by atoms with van der Waals surface area (Å²) >= 11 is 6.47. The molecule has 0 aromatic heterocycles. The van der Waals surface area contributed by atoms with E-state index in [4.69, 9.17) is 0 Å². The van der Waals surface area contributed by atoms with Gasteiger partial charge in [-0.3, -0.25) is 9.59 Å². The summed E-state index contributed by atoms with van der Waals surface area (Å²) in [6.07, 6.45) is 0.735. The Bertz CT molecular complexity index is 372. The summed E-state index contributed by atoms with van der Waals surface area (Å²) in [4.78, 5) is 21.6. The van der Waals surface area contributed by atoms with Crippen LogP contribution in [0.5, 0.6) is 0 Å². The lowest BCUT2D eigenvalue weighted by Gasteiger charge is -2.04. The molecule has 0 atom stereocenters. The fourth-order valence-electron chi connectivity index (χ4n) is 0.927. The summed E-state index contributed by atoms with van der Waals surface area (Å²) in [7, 11) is 0. The molecule has 0 aliphatic rings. The molecule has 0 fully saturated rings. The second-order valence-corrected chi connectivity index (χ2v) is 4.09. The van der Waals surface area contributed by atoms with E-state index in [1.807, 2.05) is 0 Å². The van der Waals surface area contributed by atoms with E-state index in [1.54, 1.807) is 12.1 Å². The summed E-state index contributed by atoms with van der Waals surface area (Å²) in [6.45, 7) is 1.48. The van der Waals surface area contributed by atoms with Crippen molar-refractivity contribution in [2.75, 3.05) is 0 Å². The van der Waals surface area contributed by atoms with Gasteiger partial charge in [-0.05, 0) is 50.9 Å². The van der Waals surface area contributed by atoms with Crippen molar-refractivity contribution in [3.63, 3.8) is 0 Å². The second-order valence-electron chi connectivity index (χ2n) is 2.50. The van der Waals surface area contributed by atoms with Crippen LogP contribution in [0.4, 0.5) is 0 Å². The molecule has 0 spiro atoms. The zero-order chi connectivity index (χ0) is 10.0. The number of Topliss-reactive ketones (excluding diaryl/α,β-unsaturated/α-hetero) is 1. The van der Waals surface area contributed by atoms with Gasteiger partial charge in [-0.15, -0.1) is 0 Å². The normalized spacial score (nSPS) is 9.77. The van der Waals surface area contributed by atoms with Crippen LogP contribution in [0, 0.1) is 0 Å². The highest BCUT2D eigenvalue weighted by atomic mass is 79.9. The minimum absolute atomic E-state index is 0.0370. The van der Waals surface area contributed by atoms with Crippen LogP contribution in [-0.4, -0.2) is 12.1 Å². The molecule has 1 aromatic carbocycles. The Morgan fingerprint density at radius 3 is 2.38 bits per heavy atom. The molecule has 0 aliphatic carbocycles. The highest BCUT2D eigenvalue weighted by molar-refractivity contribution is 9.13. The predicted octanol–water partition coefficient (Wildman–Crippen LogP) is 3.23. The van der Waals surface area contributed by atoms with Crippen molar-refractivity contribution >= 4 is 43.9 Å². The summed E-state index contributed by atoms with van der Waals surface area (Å²) in [5, 5.41) is 0. The molecule has 1 rings (SSSR count). The maximum atomic E-state index is 11.1. The van der Waals surface area contributed by atoms with Crippen molar-refractivity contribution in [1.29, 1.82) is 0 Å². The molecule has 0 heterocycles. The number of hydrogen-bond donors (Lipinski definition) is 0. The molecule has 1 aromatic rings. The van der Waals surface area contributed by atoms with Gasteiger partial charge in [0.2, 0.25) is 0 Å². The van der Waals surface area contributed by atoms with Crippen LogP contribution < -0.4 is 0 Å². The van der Waals surface area contributed by atoms with Crippen molar-refractivity contribution < 1.29 is 9.59 Å². The molecule has 0 unspecified atom stereocenters. The number of ketones is 1. The number of carbonyl (C=O) groups excluding carboxylic acids is 2. The Labute approximate surface area is 92.6 Å². The molecular formula is C9H6Br2O2. The Morgan fingerprint density at radius 1 is 1.31 bits per heavy atom. The van der Waals surface area contributed by atoms with Gasteiger partial charge in [-0.1, -0.05) is 0 Å². The van der Waals surface area contributed by atoms with Crippen LogP contribution in [0.2, 0.25) is 0 Å². The molecular weight excluding hydrogens is 300 g/mol. The van der Waals surface area contributed by atoms with Gasteiger partial charge in [-0.2, -0.15) is 0 Å². The van der Waals surface area contributed by atoms with Gasteiger partial charge in [0, 0.05) is 20.1 Å². The number of carbonyl (C=O) groups is 2. The van der Waals surface area contributed by atoms with Gasteiger partial charge in [0.05, 0.1) is 0 Å². The first-order chi connectivity index (χ1) is 6.07. The van der Waals surface area contributed by atoms with Crippen LogP contribution in [0.15, 0.2) is 21.1 Å². The molecule has 4 heteroatoms. The van der Waals surface area contributed by atoms with Crippen molar-refractivity contribution in [3.05, 3.63) is 32.2 Å². The minimum Gasteiger partial charge on any atom is -0.298 e. The molecule has 0 radical (unpaired) electrons. The van der Waals surface area contributed by atoms with E-state index in [0.717, 1.165) is 6.29 Å². The van der Waals surface area contributed by atoms with E-state index in [2.05, 4.69) is 31.9 Å². The third kappa shape index (κ3) is 2.06. The molecule has 68 valence electrons. The quantitative estimate of drug-likeness (QED) is 0.621. The van der Waals surface area contributed by atoms with Gasteiger partial charge >= 0.3 is 0 Å². The highest BCUT2D eigenvalue weighted by Gasteiger charge is 2.10. The smallest absolute Gasteiger partial charge is 0.160 e. The van der Waals surface area contributed by atoms with E-state index < -0.39 is 0 Å². The first-order valence-corrected chi connectivity index (χ1v) is 5.10. The van der Waals surface area contributed by atoms with E-state index in [-0.39, 0.29) is 5.78 Å². The Kier molecular flexibility index (Phi) is 3.39. The van der Waals surface area contributed by atoms with E-state index in [1.165, 1.54) is 6.92 Å². The highest BCUT2D eigenvalue weighted by Crippen LogP contribution is 2.29. The van der Waals surface area contributed by atoms with Crippen LogP contribution in [-0.2, 0) is 0 Å². The van der Waals surface area contributed by atoms with Crippen molar-refractivity contribution in [3.8, 4) is 0 Å². The lowest BCUT2D eigenvalue weighted by atomic mass is 10.1. The fourth-order valence-corrected chi connectivity index (χ4v) is 2.01.